The third-order valence-electron chi connectivity index (χ3n) is 3.60. The molecule has 1 fully saturated rings. The van der Waals surface area contributed by atoms with E-state index < -0.39 is 0 Å². The van der Waals surface area contributed by atoms with Crippen LogP contribution in [0.1, 0.15) is 52.9 Å². The van der Waals surface area contributed by atoms with Crippen LogP contribution in [0.4, 0.5) is 0 Å². The van der Waals surface area contributed by atoms with Crippen molar-refractivity contribution in [3.63, 3.8) is 0 Å². The highest BCUT2D eigenvalue weighted by Crippen LogP contribution is 2.33. The fourth-order valence-corrected chi connectivity index (χ4v) is 2.75. The molecule has 2 heteroatoms. The third-order valence-corrected chi connectivity index (χ3v) is 3.60. The molecule has 2 nitrogen and oxygen atoms in total. The Morgan fingerprint density at radius 2 is 2.00 bits per heavy atom. The van der Waals surface area contributed by atoms with Crippen LogP contribution in [0.15, 0.2) is 0 Å². The van der Waals surface area contributed by atoms with Gasteiger partial charge in [0, 0.05) is 19.7 Å². The summed E-state index contributed by atoms with van der Waals surface area (Å²) in [5, 5.41) is 0. The van der Waals surface area contributed by atoms with Crippen LogP contribution >= 0.6 is 0 Å². The van der Waals surface area contributed by atoms with Gasteiger partial charge in [-0.3, -0.25) is 0 Å². The standard InChI is InChI=1S/C15H31NO/c1-5-7-14-10-15(11-14)17-9-6-8-16(4)12-13(2)3/h13-15H,5-12H2,1-4H3. The second-order valence-corrected chi connectivity index (χ2v) is 6.13. The van der Waals surface area contributed by atoms with E-state index in [2.05, 4.69) is 32.7 Å². The van der Waals surface area contributed by atoms with Gasteiger partial charge >= 0.3 is 0 Å². The first-order valence-electron chi connectivity index (χ1n) is 7.42. The van der Waals surface area contributed by atoms with Gasteiger partial charge in [0.25, 0.3) is 0 Å². The molecule has 0 unspecified atom stereocenters. The van der Waals surface area contributed by atoms with Gasteiger partial charge < -0.3 is 9.64 Å². The normalized spacial score (nSPS) is 24.4. The molecule has 1 aliphatic carbocycles. The van der Waals surface area contributed by atoms with Crippen molar-refractivity contribution in [3.05, 3.63) is 0 Å². The van der Waals surface area contributed by atoms with E-state index in [1.54, 1.807) is 0 Å². The molecule has 17 heavy (non-hydrogen) atoms. The highest BCUT2D eigenvalue weighted by atomic mass is 16.5. The van der Waals surface area contributed by atoms with E-state index in [1.807, 2.05) is 0 Å². The van der Waals surface area contributed by atoms with Crippen molar-refractivity contribution in [1.29, 1.82) is 0 Å². The molecule has 1 aliphatic rings. The van der Waals surface area contributed by atoms with Gasteiger partial charge in [0.2, 0.25) is 0 Å². The summed E-state index contributed by atoms with van der Waals surface area (Å²) in [6, 6.07) is 0. The van der Waals surface area contributed by atoms with Gasteiger partial charge in [-0.05, 0) is 38.1 Å². The molecular formula is C15H31NO. The molecule has 0 heterocycles. The molecular weight excluding hydrogens is 210 g/mol. The molecule has 0 aliphatic heterocycles. The topological polar surface area (TPSA) is 12.5 Å². The highest BCUT2D eigenvalue weighted by molar-refractivity contribution is 4.79. The molecule has 0 saturated heterocycles. The van der Waals surface area contributed by atoms with Gasteiger partial charge in [0.15, 0.2) is 0 Å². The Labute approximate surface area is 108 Å². The zero-order chi connectivity index (χ0) is 12.7. The predicted molar refractivity (Wildman–Crippen MR) is 74.3 cm³/mol. The summed E-state index contributed by atoms with van der Waals surface area (Å²) in [7, 11) is 2.21. The van der Waals surface area contributed by atoms with Gasteiger partial charge in [-0.2, -0.15) is 0 Å². The molecule has 0 bridgehead atoms. The Balaban J connectivity index is 1.88. The molecule has 102 valence electrons. The average molecular weight is 241 g/mol. The Kier molecular flexibility index (Phi) is 7.14. The minimum atomic E-state index is 0.585. The monoisotopic (exact) mass is 241 g/mol. The van der Waals surface area contributed by atoms with Crippen LogP contribution in [0.25, 0.3) is 0 Å². The minimum Gasteiger partial charge on any atom is -0.378 e. The molecule has 0 atom stereocenters. The summed E-state index contributed by atoms with van der Waals surface area (Å²) in [5.74, 6) is 1.73. The van der Waals surface area contributed by atoms with Crippen LogP contribution in [0, 0.1) is 11.8 Å². The quantitative estimate of drug-likeness (QED) is 0.572. The second-order valence-electron chi connectivity index (χ2n) is 6.13. The van der Waals surface area contributed by atoms with E-state index in [0.717, 1.165) is 18.4 Å². The van der Waals surface area contributed by atoms with E-state index in [0.29, 0.717) is 6.10 Å². The molecule has 0 amide bonds. The van der Waals surface area contributed by atoms with Crippen LogP contribution in [-0.2, 0) is 4.74 Å². The number of hydrogen-bond acceptors (Lipinski definition) is 2. The van der Waals surface area contributed by atoms with E-state index in [9.17, 15) is 0 Å². The fourth-order valence-electron chi connectivity index (χ4n) is 2.75. The lowest BCUT2D eigenvalue weighted by Gasteiger charge is -2.35. The smallest absolute Gasteiger partial charge is 0.0580 e. The maximum absolute atomic E-state index is 5.88. The van der Waals surface area contributed by atoms with Gasteiger partial charge in [-0.15, -0.1) is 0 Å². The predicted octanol–water partition coefficient (Wildman–Crippen LogP) is 3.56. The summed E-state index contributed by atoms with van der Waals surface area (Å²) in [5.41, 5.74) is 0. The van der Waals surface area contributed by atoms with Gasteiger partial charge in [-0.25, -0.2) is 0 Å². The van der Waals surface area contributed by atoms with Crippen LogP contribution in [0.3, 0.4) is 0 Å². The average Bonchev–Trinajstić information content (AvgIpc) is 2.18. The largest absolute Gasteiger partial charge is 0.378 e. The van der Waals surface area contributed by atoms with Crippen molar-refractivity contribution in [1.82, 2.24) is 4.90 Å². The van der Waals surface area contributed by atoms with Crippen LogP contribution in [0.5, 0.6) is 0 Å². The lowest BCUT2D eigenvalue weighted by atomic mass is 9.79. The highest BCUT2D eigenvalue weighted by Gasteiger charge is 2.28. The van der Waals surface area contributed by atoms with Crippen molar-refractivity contribution in [3.8, 4) is 0 Å². The Hall–Kier alpha value is -0.0800. The fraction of sp³-hybridized carbons (Fsp3) is 1.00. The summed E-state index contributed by atoms with van der Waals surface area (Å²) in [4.78, 5) is 2.41. The zero-order valence-corrected chi connectivity index (χ0v) is 12.2. The SMILES string of the molecule is CCCC1CC(OCCCN(C)CC(C)C)C1. The van der Waals surface area contributed by atoms with E-state index in [4.69, 9.17) is 4.74 Å². The molecule has 0 aromatic rings. The number of ether oxygens (including phenoxy) is 1. The molecule has 0 radical (unpaired) electrons. The second kappa shape index (κ2) is 8.10. The van der Waals surface area contributed by atoms with E-state index >= 15 is 0 Å². The zero-order valence-electron chi connectivity index (χ0n) is 12.2. The molecule has 1 rings (SSSR count). The molecule has 0 spiro atoms. The molecule has 1 saturated carbocycles. The van der Waals surface area contributed by atoms with E-state index in [1.165, 1.54) is 45.2 Å². The maximum Gasteiger partial charge on any atom is 0.0580 e. The lowest BCUT2D eigenvalue weighted by molar-refractivity contribution is -0.0349. The van der Waals surface area contributed by atoms with Gasteiger partial charge in [-0.1, -0.05) is 33.6 Å². The first-order valence-corrected chi connectivity index (χ1v) is 7.42. The summed E-state index contributed by atoms with van der Waals surface area (Å²) in [6.45, 7) is 10.1. The molecule has 0 aromatic carbocycles. The van der Waals surface area contributed by atoms with E-state index in [-0.39, 0.29) is 0 Å². The van der Waals surface area contributed by atoms with Gasteiger partial charge in [0.05, 0.1) is 6.10 Å². The minimum absolute atomic E-state index is 0.585. The Morgan fingerprint density at radius 1 is 1.29 bits per heavy atom. The van der Waals surface area contributed by atoms with Crippen molar-refractivity contribution >= 4 is 0 Å². The maximum atomic E-state index is 5.88. The van der Waals surface area contributed by atoms with Crippen LogP contribution in [0.2, 0.25) is 0 Å². The first kappa shape index (κ1) is 15.0. The summed E-state index contributed by atoms with van der Waals surface area (Å²) in [6.07, 6.45) is 7.12. The Morgan fingerprint density at radius 3 is 2.59 bits per heavy atom. The molecule has 0 aromatic heterocycles. The van der Waals surface area contributed by atoms with Crippen molar-refractivity contribution in [2.75, 3.05) is 26.7 Å². The number of nitrogens with zero attached hydrogens (tertiary/aromatic N) is 1. The lowest BCUT2D eigenvalue weighted by Crippen LogP contribution is -2.32. The van der Waals surface area contributed by atoms with Gasteiger partial charge in [0.1, 0.15) is 0 Å². The number of rotatable bonds is 9. The van der Waals surface area contributed by atoms with Crippen molar-refractivity contribution < 1.29 is 4.74 Å². The van der Waals surface area contributed by atoms with Crippen LogP contribution in [-0.4, -0.2) is 37.7 Å². The number of hydrogen-bond donors (Lipinski definition) is 0. The summed E-state index contributed by atoms with van der Waals surface area (Å²) < 4.78 is 5.88. The summed E-state index contributed by atoms with van der Waals surface area (Å²) >= 11 is 0. The van der Waals surface area contributed by atoms with Crippen LogP contribution < -0.4 is 0 Å². The first-order chi connectivity index (χ1) is 8.11. The molecule has 0 N–H and O–H groups in total. The Bertz CT molecular complexity index is 187. The third kappa shape index (κ3) is 6.42. The van der Waals surface area contributed by atoms with Crippen molar-refractivity contribution in [2.24, 2.45) is 11.8 Å². The van der Waals surface area contributed by atoms with Crippen molar-refractivity contribution in [2.45, 2.75) is 59.0 Å².